The van der Waals surface area contributed by atoms with Crippen LogP contribution in [0.15, 0.2) is 0 Å². The van der Waals surface area contributed by atoms with Crippen molar-refractivity contribution >= 4 is 11.8 Å². The van der Waals surface area contributed by atoms with E-state index >= 15 is 0 Å². The second-order valence-corrected chi connectivity index (χ2v) is 5.37. The standard InChI is InChI=1S/C14H27N3O2/c1-3-11(2)17-13(18)6-9-16-14(19)10-12-4-7-15-8-5-12/h11-12,15H,3-10H2,1-2H3,(H,16,19)(H,17,18). The number of carbonyl (C=O) groups is 2. The Hall–Kier alpha value is -1.10. The van der Waals surface area contributed by atoms with Crippen LogP contribution in [0.25, 0.3) is 0 Å². The summed E-state index contributed by atoms with van der Waals surface area (Å²) in [5.74, 6) is 0.579. The van der Waals surface area contributed by atoms with E-state index in [2.05, 4.69) is 16.0 Å². The lowest BCUT2D eigenvalue weighted by atomic mass is 9.94. The van der Waals surface area contributed by atoms with E-state index in [-0.39, 0.29) is 17.9 Å². The van der Waals surface area contributed by atoms with Crippen molar-refractivity contribution in [2.75, 3.05) is 19.6 Å². The lowest BCUT2D eigenvalue weighted by Gasteiger charge is -2.21. The minimum absolute atomic E-state index is 0.0107. The summed E-state index contributed by atoms with van der Waals surface area (Å²) in [5.41, 5.74) is 0. The van der Waals surface area contributed by atoms with Gasteiger partial charge < -0.3 is 16.0 Å². The van der Waals surface area contributed by atoms with Crippen molar-refractivity contribution < 1.29 is 9.59 Å². The molecule has 0 saturated carbocycles. The van der Waals surface area contributed by atoms with Crippen LogP contribution in [0.2, 0.25) is 0 Å². The summed E-state index contributed by atoms with van der Waals surface area (Å²) in [6, 6.07) is 0.206. The number of hydrogen-bond donors (Lipinski definition) is 3. The summed E-state index contributed by atoms with van der Waals surface area (Å²) in [5, 5.41) is 9.00. The van der Waals surface area contributed by atoms with Crippen molar-refractivity contribution in [3.05, 3.63) is 0 Å². The Labute approximate surface area is 115 Å². The first-order valence-corrected chi connectivity index (χ1v) is 7.38. The molecule has 1 aliphatic heterocycles. The molecule has 1 unspecified atom stereocenters. The van der Waals surface area contributed by atoms with Gasteiger partial charge in [-0.05, 0) is 45.2 Å². The van der Waals surface area contributed by atoms with E-state index < -0.39 is 0 Å². The summed E-state index contributed by atoms with van der Waals surface area (Å²) in [4.78, 5) is 23.2. The average Bonchev–Trinajstić information content (AvgIpc) is 2.39. The predicted molar refractivity (Wildman–Crippen MR) is 75.7 cm³/mol. The van der Waals surface area contributed by atoms with Gasteiger partial charge in [-0.25, -0.2) is 0 Å². The first-order valence-electron chi connectivity index (χ1n) is 7.38. The van der Waals surface area contributed by atoms with Crippen LogP contribution < -0.4 is 16.0 Å². The molecule has 0 spiro atoms. The van der Waals surface area contributed by atoms with E-state index in [0.717, 1.165) is 32.4 Å². The van der Waals surface area contributed by atoms with E-state index in [9.17, 15) is 9.59 Å². The Kier molecular flexibility index (Phi) is 7.48. The molecule has 1 rings (SSSR count). The average molecular weight is 269 g/mol. The maximum Gasteiger partial charge on any atom is 0.221 e. The van der Waals surface area contributed by atoms with Gasteiger partial charge in [0.15, 0.2) is 0 Å². The molecule has 110 valence electrons. The Bertz CT molecular complexity index is 288. The summed E-state index contributed by atoms with van der Waals surface area (Å²) < 4.78 is 0. The fourth-order valence-corrected chi connectivity index (χ4v) is 2.18. The third-order valence-electron chi connectivity index (χ3n) is 3.63. The van der Waals surface area contributed by atoms with Gasteiger partial charge in [0, 0.05) is 25.4 Å². The Balaban J connectivity index is 2.07. The second kappa shape index (κ2) is 8.91. The van der Waals surface area contributed by atoms with Crippen LogP contribution in [0.5, 0.6) is 0 Å². The van der Waals surface area contributed by atoms with Gasteiger partial charge in [-0.3, -0.25) is 9.59 Å². The van der Waals surface area contributed by atoms with Crippen LogP contribution in [-0.4, -0.2) is 37.5 Å². The molecule has 0 aromatic carbocycles. The third-order valence-corrected chi connectivity index (χ3v) is 3.63. The lowest BCUT2D eigenvalue weighted by Crippen LogP contribution is -2.36. The molecule has 5 heteroatoms. The van der Waals surface area contributed by atoms with Crippen LogP contribution in [0.4, 0.5) is 0 Å². The molecule has 1 saturated heterocycles. The molecule has 3 N–H and O–H groups in total. The first kappa shape index (κ1) is 16.0. The largest absolute Gasteiger partial charge is 0.356 e. The van der Waals surface area contributed by atoms with Crippen molar-refractivity contribution in [1.29, 1.82) is 0 Å². The van der Waals surface area contributed by atoms with Crippen LogP contribution in [0.1, 0.15) is 46.0 Å². The number of amides is 2. The van der Waals surface area contributed by atoms with Gasteiger partial charge in [0.25, 0.3) is 0 Å². The van der Waals surface area contributed by atoms with Gasteiger partial charge in [0.2, 0.25) is 11.8 Å². The summed E-state index contributed by atoms with van der Waals surface area (Å²) in [6.45, 7) is 6.47. The molecule has 1 fully saturated rings. The number of piperidine rings is 1. The molecule has 0 bridgehead atoms. The highest BCUT2D eigenvalue weighted by Crippen LogP contribution is 2.15. The number of carbonyl (C=O) groups excluding carboxylic acids is 2. The molecule has 19 heavy (non-hydrogen) atoms. The highest BCUT2D eigenvalue weighted by atomic mass is 16.2. The zero-order valence-corrected chi connectivity index (χ0v) is 12.1. The zero-order chi connectivity index (χ0) is 14.1. The fraction of sp³-hybridized carbons (Fsp3) is 0.857. The summed E-state index contributed by atoms with van der Waals surface area (Å²) in [6.07, 6.45) is 4.02. The molecule has 1 heterocycles. The number of rotatable bonds is 7. The van der Waals surface area contributed by atoms with E-state index in [1.165, 1.54) is 0 Å². The topological polar surface area (TPSA) is 70.2 Å². The Morgan fingerprint density at radius 2 is 1.95 bits per heavy atom. The quantitative estimate of drug-likeness (QED) is 0.640. The smallest absolute Gasteiger partial charge is 0.221 e. The summed E-state index contributed by atoms with van der Waals surface area (Å²) in [7, 11) is 0. The monoisotopic (exact) mass is 269 g/mol. The van der Waals surface area contributed by atoms with Crippen LogP contribution in [-0.2, 0) is 9.59 Å². The summed E-state index contributed by atoms with van der Waals surface area (Å²) >= 11 is 0. The van der Waals surface area contributed by atoms with Gasteiger partial charge in [-0.1, -0.05) is 6.92 Å². The van der Waals surface area contributed by atoms with E-state index in [1.807, 2.05) is 13.8 Å². The number of hydrogen-bond acceptors (Lipinski definition) is 3. The molecule has 0 aliphatic carbocycles. The number of nitrogens with one attached hydrogen (secondary N) is 3. The fourth-order valence-electron chi connectivity index (χ4n) is 2.18. The second-order valence-electron chi connectivity index (χ2n) is 5.37. The highest BCUT2D eigenvalue weighted by Gasteiger charge is 2.16. The van der Waals surface area contributed by atoms with Crippen LogP contribution in [0, 0.1) is 5.92 Å². The predicted octanol–water partition coefficient (Wildman–Crippen LogP) is 0.797. The van der Waals surface area contributed by atoms with E-state index in [1.54, 1.807) is 0 Å². The third kappa shape index (κ3) is 7.15. The van der Waals surface area contributed by atoms with Gasteiger partial charge in [-0.15, -0.1) is 0 Å². The van der Waals surface area contributed by atoms with Crippen LogP contribution >= 0.6 is 0 Å². The molecular formula is C14H27N3O2. The van der Waals surface area contributed by atoms with Gasteiger partial charge in [-0.2, -0.15) is 0 Å². The molecule has 2 amide bonds. The maximum atomic E-state index is 11.7. The minimum Gasteiger partial charge on any atom is -0.356 e. The Morgan fingerprint density at radius 1 is 1.26 bits per heavy atom. The SMILES string of the molecule is CCC(C)NC(=O)CCNC(=O)CC1CCNCC1. The molecule has 0 aromatic heterocycles. The van der Waals surface area contributed by atoms with Crippen molar-refractivity contribution in [3.8, 4) is 0 Å². The Morgan fingerprint density at radius 3 is 2.58 bits per heavy atom. The van der Waals surface area contributed by atoms with Crippen molar-refractivity contribution in [2.45, 2.75) is 52.0 Å². The molecule has 0 radical (unpaired) electrons. The molecule has 0 aromatic rings. The first-order chi connectivity index (χ1) is 9.11. The van der Waals surface area contributed by atoms with Crippen molar-refractivity contribution in [1.82, 2.24) is 16.0 Å². The van der Waals surface area contributed by atoms with E-state index in [0.29, 0.717) is 25.3 Å². The minimum atomic E-state index is 0.0107. The van der Waals surface area contributed by atoms with Crippen molar-refractivity contribution in [2.24, 2.45) is 5.92 Å². The molecule has 5 nitrogen and oxygen atoms in total. The maximum absolute atomic E-state index is 11.7. The molecular weight excluding hydrogens is 242 g/mol. The van der Waals surface area contributed by atoms with Gasteiger partial charge in [0.05, 0.1) is 0 Å². The lowest BCUT2D eigenvalue weighted by molar-refractivity contribution is -0.123. The molecule has 1 aliphatic rings. The molecule has 1 atom stereocenters. The van der Waals surface area contributed by atoms with Crippen LogP contribution in [0.3, 0.4) is 0 Å². The van der Waals surface area contributed by atoms with Gasteiger partial charge in [0.1, 0.15) is 0 Å². The highest BCUT2D eigenvalue weighted by molar-refractivity contribution is 5.79. The van der Waals surface area contributed by atoms with E-state index in [4.69, 9.17) is 0 Å². The van der Waals surface area contributed by atoms with Crippen molar-refractivity contribution in [3.63, 3.8) is 0 Å². The normalized spacial score (nSPS) is 17.8. The van der Waals surface area contributed by atoms with Gasteiger partial charge >= 0.3 is 0 Å². The zero-order valence-electron chi connectivity index (χ0n) is 12.1.